The lowest BCUT2D eigenvalue weighted by molar-refractivity contribution is -0.127. The number of esters is 1. The first-order valence-corrected chi connectivity index (χ1v) is 6.82. The van der Waals surface area contributed by atoms with Crippen LogP contribution in [0, 0.1) is 0 Å². The van der Waals surface area contributed by atoms with E-state index in [1.807, 2.05) is 6.92 Å². The van der Waals surface area contributed by atoms with E-state index in [1.165, 1.54) is 24.3 Å². The molecule has 1 rings (SSSR count). The first kappa shape index (κ1) is 17.4. The molecule has 0 heterocycles. The van der Waals surface area contributed by atoms with Crippen molar-refractivity contribution in [2.75, 3.05) is 19.7 Å². The zero-order chi connectivity index (χ0) is 16.4. The number of carbonyl (C=O) groups is 4. The number of hydrogen-bond donors (Lipinski definition) is 2. The van der Waals surface area contributed by atoms with Crippen molar-refractivity contribution < 1.29 is 23.9 Å². The standard InChI is InChI=1S/C15H18N2O5/c1-2-7-16-13(19)8-17-14(20)10-22-15(21)12-5-3-11(9-18)4-6-12/h3-6,9H,2,7-8,10H2,1H3,(H,16,19)(H,17,20). The zero-order valence-corrected chi connectivity index (χ0v) is 12.3. The van der Waals surface area contributed by atoms with Crippen LogP contribution in [0.25, 0.3) is 0 Å². The van der Waals surface area contributed by atoms with Gasteiger partial charge in [0.15, 0.2) is 6.61 Å². The van der Waals surface area contributed by atoms with E-state index in [-0.39, 0.29) is 18.0 Å². The van der Waals surface area contributed by atoms with Gasteiger partial charge in [-0.15, -0.1) is 0 Å². The summed E-state index contributed by atoms with van der Waals surface area (Å²) in [6.07, 6.45) is 1.46. The molecular formula is C15H18N2O5. The number of hydrogen-bond acceptors (Lipinski definition) is 5. The molecule has 0 spiro atoms. The lowest BCUT2D eigenvalue weighted by Gasteiger charge is -2.07. The van der Waals surface area contributed by atoms with Crippen molar-refractivity contribution in [2.24, 2.45) is 0 Å². The highest BCUT2D eigenvalue weighted by Gasteiger charge is 2.11. The Kier molecular flexibility index (Phi) is 7.32. The van der Waals surface area contributed by atoms with E-state index in [0.29, 0.717) is 18.4 Å². The van der Waals surface area contributed by atoms with E-state index in [0.717, 1.165) is 6.42 Å². The lowest BCUT2D eigenvalue weighted by Crippen LogP contribution is -2.38. The van der Waals surface area contributed by atoms with Crippen LogP contribution < -0.4 is 10.6 Å². The van der Waals surface area contributed by atoms with Gasteiger partial charge >= 0.3 is 5.97 Å². The van der Waals surface area contributed by atoms with Crippen LogP contribution in [0.4, 0.5) is 0 Å². The van der Waals surface area contributed by atoms with Crippen LogP contribution in [-0.2, 0) is 14.3 Å². The van der Waals surface area contributed by atoms with Crippen LogP contribution in [-0.4, -0.2) is 43.8 Å². The average Bonchev–Trinajstić information content (AvgIpc) is 2.55. The molecule has 0 atom stereocenters. The lowest BCUT2D eigenvalue weighted by atomic mass is 10.1. The van der Waals surface area contributed by atoms with E-state index in [1.54, 1.807) is 0 Å². The predicted octanol–water partition coefficient (Wildman–Crippen LogP) is 0.298. The number of nitrogens with one attached hydrogen (secondary N) is 2. The summed E-state index contributed by atoms with van der Waals surface area (Å²) in [6.45, 7) is 1.82. The molecule has 0 fully saturated rings. The maximum absolute atomic E-state index is 11.7. The van der Waals surface area contributed by atoms with Crippen LogP contribution in [0.1, 0.15) is 34.1 Å². The summed E-state index contributed by atoms with van der Waals surface area (Å²) in [6, 6.07) is 5.81. The quantitative estimate of drug-likeness (QED) is 0.531. The fourth-order valence-corrected chi connectivity index (χ4v) is 1.47. The van der Waals surface area contributed by atoms with Crippen molar-refractivity contribution >= 4 is 24.1 Å². The van der Waals surface area contributed by atoms with Crippen molar-refractivity contribution in [3.63, 3.8) is 0 Å². The molecule has 2 N–H and O–H groups in total. The zero-order valence-electron chi connectivity index (χ0n) is 12.3. The molecule has 0 bridgehead atoms. The monoisotopic (exact) mass is 306 g/mol. The molecule has 0 aliphatic heterocycles. The highest BCUT2D eigenvalue weighted by molar-refractivity contribution is 5.92. The molecular weight excluding hydrogens is 288 g/mol. The first-order chi connectivity index (χ1) is 10.6. The van der Waals surface area contributed by atoms with Crippen LogP contribution >= 0.6 is 0 Å². The number of rotatable bonds is 8. The molecule has 7 heteroatoms. The van der Waals surface area contributed by atoms with Gasteiger partial charge in [-0.1, -0.05) is 19.1 Å². The largest absolute Gasteiger partial charge is 0.452 e. The van der Waals surface area contributed by atoms with Gasteiger partial charge in [0.1, 0.15) is 6.29 Å². The normalized spacial score (nSPS) is 9.68. The van der Waals surface area contributed by atoms with Gasteiger partial charge in [-0.25, -0.2) is 4.79 Å². The summed E-state index contributed by atoms with van der Waals surface area (Å²) in [4.78, 5) is 44.9. The van der Waals surface area contributed by atoms with E-state index in [4.69, 9.17) is 4.74 Å². The first-order valence-electron chi connectivity index (χ1n) is 6.82. The predicted molar refractivity (Wildman–Crippen MR) is 78.4 cm³/mol. The van der Waals surface area contributed by atoms with Crippen molar-refractivity contribution in [1.29, 1.82) is 0 Å². The minimum Gasteiger partial charge on any atom is -0.452 e. The molecule has 22 heavy (non-hydrogen) atoms. The third-order valence-corrected chi connectivity index (χ3v) is 2.64. The van der Waals surface area contributed by atoms with Gasteiger partial charge in [-0.2, -0.15) is 0 Å². The topological polar surface area (TPSA) is 102 Å². The van der Waals surface area contributed by atoms with Crippen molar-refractivity contribution in [3.8, 4) is 0 Å². The van der Waals surface area contributed by atoms with E-state index >= 15 is 0 Å². The van der Waals surface area contributed by atoms with Crippen molar-refractivity contribution in [3.05, 3.63) is 35.4 Å². The Morgan fingerprint density at radius 3 is 2.36 bits per heavy atom. The molecule has 0 aliphatic carbocycles. The summed E-state index contributed by atoms with van der Waals surface area (Å²) >= 11 is 0. The van der Waals surface area contributed by atoms with Gasteiger partial charge in [0.05, 0.1) is 12.1 Å². The van der Waals surface area contributed by atoms with Gasteiger partial charge in [-0.3, -0.25) is 14.4 Å². The van der Waals surface area contributed by atoms with Crippen LogP contribution in [0.3, 0.4) is 0 Å². The van der Waals surface area contributed by atoms with Gasteiger partial charge in [0, 0.05) is 12.1 Å². The van der Waals surface area contributed by atoms with Crippen molar-refractivity contribution in [2.45, 2.75) is 13.3 Å². The molecule has 2 amide bonds. The summed E-state index contributed by atoms with van der Waals surface area (Å²) in [5.74, 6) is -1.54. The molecule has 1 aromatic rings. The molecule has 118 valence electrons. The Labute approximate surface area is 128 Å². The van der Waals surface area contributed by atoms with Gasteiger partial charge in [0.25, 0.3) is 5.91 Å². The smallest absolute Gasteiger partial charge is 0.338 e. The fourth-order valence-electron chi connectivity index (χ4n) is 1.47. The molecule has 0 saturated carbocycles. The molecule has 0 saturated heterocycles. The minimum absolute atomic E-state index is 0.162. The second-order valence-electron chi connectivity index (χ2n) is 4.44. The van der Waals surface area contributed by atoms with E-state index in [9.17, 15) is 19.2 Å². The highest BCUT2D eigenvalue weighted by atomic mass is 16.5. The molecule has 1 aromatic carbocycles. The fraction of sp³-hybridized carbons (Fsp3) is 0.333. The summed E-state index contributed by atoms with van der Waals surface area (Å²) in [7, 11) is 0. The Morgan fingerprint density at radius 1 is 1.09 bits per heavy atom. The Morgan fingerprint density at radius 2 is 1.77 bits per heavy atom. The summed E-state index contributed by atoms with van der Waals surface area (Å²) in [5.41, 5.74) is 0.673. The van der Waals surface area contributed by atoms with Crippen LogP contribution in [0.5, 0.6) is 0 Å². The number of aldehydes is 1. The number of benzene rings is 1. The van der Waals surface area contributed by atoms with Crippen molar-refractivity contribution in [1.82, 2.24) is 10.6 Å². The van der Waals surface area contributed by atoms with Gasteiger partial charge in [0.2, 0.25) is 5.91 Å². The average molecular weight is 306 g/mol. The maximum atomic E-state index is 11.7. The number of carbonyl (C=O) groups excluding carboxylic acids is 4. The maximum Gasteiger partial charge on any atom is 0.338 e. The Balaban J connectivity index is 2.32. The third kappa shape index (κ3) is 6.17. The Bertz CT molecular complexity index is 539. The van der Waals surface area contributed by atoms with Gasteiger partial charge in [-0.05, 0) is 18.6 Å². The molecule has 0 unspecified atom stereocenters. The molecule has 0 aromatic heterocycles. The third-order valence-electron chi connectivity index (χ3n) is 2.64. The summed E-state index contributed by atoms with van der Waals surface area (Å²) in [5, 5.41) is 4.94. The second kappa shape index (κ2) is 9.28. The van der Waals surface area contributed by atoms with Gasteiger partial charge < -0.3 is 15.4 Å². The summed E-state index contributed by atoms with van der Waals surface area (Å²) < 4.78 is 4.81. The molecule has 0 radical (unpaired) electrons. The SMILES string of the molecule is CCCNC(=O)CNC(=O)COC(=O)c1ccc(C=O)cc1. The molecule has 0 aliphatic rings. The number of amides is 2. The van der Waals surface area contributed by atoms with Crippen LogP contribution in [0.15, 0.2) is 24.3 Å². The number of ether oxygens (including phenoxy) is 1. The highest BCUT2D eigenvalue weighted by Crippen LogP contribution is 2.04. The van der Waals surface area contributed by atoms with E-state index < -0.39 is 18.5 Å². The second-order valence-corrected chi connectivity index (χ2v) is 4.44. The Hall–Kier alpha value is -2.70. The minimum atomic E-state index is -0.678. The van der Waals surface area contributed by atoms with Crippen LogP contribution in [0.2, 0.25) is 0 Å². The molecule has 7 nitrogen and oxygen atoms in total. The van der Waals surface area contributed by atoms with E-state index in [2.05, 4.69) is 10.6 Å².